The maximum Gasteiger partial charge on any atom is 0.285 e. The van der Waals surface area contributed by atoms with Crippen LogP contribution in [0.2, 0.25) is 5.02 Å². The van der Waals surface area contributed by atoms with Crippen LogP contribution in [0.25, 0.3) is 0 Å². The topological polar surface area (TPSA) is 72.2 Å². The lowest BCUT2D eigenvalue weighted by molar-refractivity contribution is -0.387. The lowest BCUT2D eigenvalue weighted by Gasteiger charge is -2.17. The molecular weight excluding hydrogens is 264 g/mol. The Morgan fingerprint density at radius 1 is 1.53 bits per heavy atom. The molecule has 0 amide bonds. The van der Waals surface area contributed by atoms with Crippen LogP contribution in [0.15, 0.2) is 23.1 Å². The first-order valence-corrected chi connectivity index (χ1v) is 5.89. The lowest BCUT2D eigenvalue weighted by atomic mass is 10.1. The molecule has 0 radical (unpaired) electrons. The number of nitrogens with zero attached hydrogens (tertiary/aromatic N) is 1. The standard InChI is InChI=1S/C10H11ClN2O3S/c1-10(2,6-14)12-17-9-4-3-7(11)5-8(9)13(15)16/h3-6,12H,1-2H3. The van der Waals surface area contributed by atoms with Crippen LogP contribution < -0.4 is 4.72 Å². The second kappa shape index (κ2) is 5.48. The zero-order chi connectivity index (χ0) is 13.1. The molecule has 0 aliphatic heterocycles. The lowest BCUT2D eigenvalue weighted by Crippen LogP contribution is -2.35. The van der Waals surface area contributed by atoms with Crippen molar-refractivity contribution in [3.63, 3.8) is 0 Å². The van der Waals surface area contributed by atoms with Gasteiger partial charge in [-0.05, 0) is 37.9 Å². The van der Waals surface area contributed by atoms with Crippen molar-refractivity contribution in [3.05, 3.63) is 33.3 Å². The van der Waals surface area contributed by atoms with Crippen molar-refractivity contribution >= 4 is 35.5 Å². The number of nitro benzene ring substituents is 1. The van der Waals surface area contributed by atoms with Crippen molar-refractivity contribution in [1.82, 2.24) is 4.72 Å². The molecule has 0 aliphatic carbocycles. The molecule has 17 heavy (non-hydrogen) atoms. The van der Waals surface area contributed by atoms with Crippen LogP contribution in [-0.2, 0) is 4.79 Å². The van der Waals surface area contributed by atoms with Gasteiger partial charge in [0.15, 0.2) is 0 Å². The highest BCUT2D eigenvalue weighted by Gasteiger charge is 2.20. The summed E-state index contributed by atoms with van der Waals surface area (Å²) in [7, 11) is 0. The molecule has 1 aromatic carbocycles. The average Bonchev–Trinajstić information content (AvgIpc) is 2.27. The number of hydrogen-bond donors (Lipinski definition) is 1. The minimum Gasteiger partial charge on any atom is -0.301 e. The van der Waals surface area contributed by atoms with E-state index in [0.29, 0.717) is 9.92 Å². The molecule has 1 N–H and O–H groups in total. The van der Waals surface area contributed by atoms with E-state index in [1.54, 1.807) is 26.0 Å². The maximum atomic E-state index is 10.8. The van der Waals surface area contributed by atoms with Gasteiger partial charge in [-0.25, -0.2) is 4.72 Å². The predicted octanol–water partition coefficient (Wildman–Crippen LogP) is 2.82. The maximum absolute atomic E-state index is 10.8. The molecule has 7 heteroatoms. The fraction of sp³-hybridized carbons (Fsp3) is 0.300. The Morgan fingerprint density at radius 2 is 2.18 bits per heavy atom. The molecule has 92 valence electrons. The number of benzene rings is 1. The third-order valence-electron chi connectivity index (χ3n) is 1.84. The molecule has 1 rings (SSSR count). The van der Waals surface area contributed by atoms with E-state index < -0.39 is 10.5 Å². The quantitative estimate of drug-likeness (QED) is 0.387. The highest BCUT2D eigenvalue weighted by molar-refractivity contribution is 7.97. The fourth-order valence-corrected chi connectivity index (χ4v) is 1.89. The monoisotopic (exact) mass is 274 g/mol. The predicted molar refractivity (Wildman–Crippen MR) is 67.2 cm³/mol. The van der Waals surface area contributed by atoms with E-state index in [2.05, 4.69) is 4.72 Å². The summed E-state index contributed by atoms with van der Waals surface area (Å²) in [6.45, 7) is 3.35. The highest BCUT2D eigenvalue weighted by atomic mass is 35.5. The number of carbonyl (C=O) groups excluding carboxylic acids is 1. The van der Waals surface area contributed by atoms with Gasteiger partial charge in [0.25, 0.3) is 5.69 Å². The molecule has 0 aliphatic rings. The molecule has 0 spiro atoms. The Morgan fingerprint density at radius 3 is 2.71 bits per heavy atom. The van der Waals surface area contributed by atoms with Gasteiger partial charge in [0.05, 0.1) is 10.5 Å². The van der Waals surface area contributed by atoms with Gasteiger partial charge in [-0.1, -0.05) is 11.6 Å². The van der Waals surface area contributed by atoms with E-state index in [1.807, 2.05) is 0 Å². The molecular formula is C10H11ClN2O3S. The van der Waals surface area contributed by atoms with Crippen LogP contribution in [0.5, 0.6) is 0 Å². The molecule has 0 saturated heterocycles. The number of carbonyl (C=O) groups is 1. The second-order valence-corrected chi connectivity index (χ2v) is 5.20. The molecule has 1 aromatic rings. The van der Waals surface area contributed by atoms with Gasteiger partial charge >= 0.3 is 0 Å². The van der Waals surface area contributed by atoms with Gasteiger partial charge in [0, 0.05) is 11.1 Å². The summed E-state index contributed by atoms with van der Waals surface area (Å²) in [6.07, 6.45) is 0.738. The molecule has 0 aromatic heterocycles. The van der Waals surface area contributed by atoms with Gasteiger partial charge < -0.3 is 4.79 Å². The minimum atomic E-state index is -0.752. The summed E-state index contributed by atoms with van der Waals surface area (Å²) < 4.78 is 2.84. The van der Waals surface area contributed by atoms with Crippen molar-refractivity contribution in [2.45, 2.75) is 24.3 Å². The van der Waals surface area contributed by atoms with Gasteiger partial charge in [0.1, 0.15) is 11.2 Å². The van der Waals surface area contributed by atoms with Crippen molar-refractivity contribution in [1.29, 1.82) is 0 Å². The minimum absolute atomic E-state index is 0.0864. The van der Waals surface area contributed by atoms with Crippen molar-refractivity contribution in [3.8, 4) is 0 Å². The summed E-state index contributed by atoms with van der Waals surface area (Å²) >= 11 is 6.72. The summed E-state index contributed by atoms with van der Waals surface area (Å²) in [5.41, 5.74) is -0.838. The number of rotatable bonds is 5. The van der Waals surface area contributed by atoms with Crippen molar-refractivity contribution in [2.24, 2.45) is 0 Å². The number of halogens is 1. The Bertz CT molecular complexity index is 451. The van der Waals surface area contributed by atoms with E-state index in [0.717, 1.165) is 18.2 Å². The highest BCUT2D eigenvalue weighted by Crippen LogP contribution is 2.30. The van der Waals surface area contributed by atoms with Gasteiger partial charge in [-0.2, -0.15) is 0 Å². The van der Waals surface area contributed by atoms with Crippen molar-refractivity contribution < 1.29 is 9.72 Å². The second-order valence-electron chi connectivity index (χ2n) is 3.91. The average molecular weight is 275 g/mol. The van der Waals surface area contributed by atoms with Gasteiger partial charge in [0.2, 0.25) is 0 Å². The van der Waals surface area contributed by atoms with E-state index in [-0.39, 0.29) is 5.69 Å². The first-order chi connectivity index (χ1) is 7.85. The van der Waals surface area contributed by atoms with Crippen LogP contribution in [0.3, 0.4) is 0 Å². The van der Waals surface area contributed by atoms with E-state index in [9.17, 15) is 14.9 Å². The molecule has 0 heterocycles. The number of aldehydes is 1. The van der Waals surface area contributed by atoms with E-state index >= 15 is 0 Å². The smallest absolute Gasteiger partial charge is 0.285 e. The van der Waals surface area contributed by atoms with E-state index in [1.165, 1.54) is 6.07 Å². The fourth-order valence-electron chi connectivity index (χ4n) is 0.930. The Labute approximate surface area is 108 Å². The van der Waals surface area contributed by atoms with Crippen LogP contribution in [0.4, 0.5) is 5.69 Å². The van der Waals surface area contributed by atoms with Crippen LogP contribution in [-0.4, -0.2) is 16.7 Å². The van der Waals surface area contributed by atoms with Gasteiger partial charge in [-0.3, -0.25) is 10.1 Å². The Hall–Kier alpha value is -1.11. The van der Waals surface area contributed by atoms with E-state index in [4.69, 9.17) is 11.6 Å². The van der Waals surface area contributed by atoms with Crippen LogP contribution >= 0.6 is 23.5 Å². The molecule has 0 fully saturated rings. The SMILES string of the molecule is CC(C)(C=O)NSc1ccc(Cl)cc1[N+](=O)[O-]. The number of nitrogens with one attached hydrogen (secondary N) is 1. The molecule has 5 nitrogen and oxygen atoms in total. The summed E-state index contributed by atoms with van der Waals surface area (Å²) in [5, 5.41) is 11.1. The third-order valence-corrected chi connectivity index (χ3v) is 3.26. The Balaban J connectivity index is 2.91. The van der Waals surface area contributed by atoms with Crippen LogP contribution in [0.1, 0.15) is 13.8 Å². The van der Waals surface area contributed by atoms with Crippen molar-refractivity contribution in [2.75, 3.05) is 0 Å². The molecule has 0 unspecified atom stereocenters. The first-order valence-electron chi connectivity index (χ1n) is 4.70. The van der Waals surface area contributed by atoms with Gasteiger partial charge in [-0.15, -0.1) is 0 Å². The zero-order valence-corrected chi connectivity index (χ0v) is 10.8. The summed E-state index contributed by atoms with van der Waals surface area (Å²) in [4.78, 5) is 21.4. The third kappa shape index (κ3) is 3.99. The normalized spacial score (nSPS) is 11.2. The molecule has 0 bridgehead atoms. The first kappa shape index (κ1) is 14.0. The Kier molecular flexibility index (Phi) is 4.50. The summed E-state index contributed by atoms with van der Waals surface area (Å²) in [5.74, 6) is 0. The molecule has 0 atom stereocenters. The largest absolute Gasteiger partial charge is 0.301 e. The number of nitro groups is 1. The number of hydrogen-bond acceptors (Lipinski definition) is 5. The zero-order valence-electron chi connectivity index (χ0n) is 9.27. The molecule has 0 saturated carbocycles. The van der Waals surface area contributed by atoms with Crippen LogP contribution in [0, 0.1) is 10.1 Å². The summed E-state index contributed by atoms with van der Waals surface area (Å²) in [6, 6.07) is 4.38.